The minimum Gasteiger partial charge on any atom is -0.0940 e. The van der Waals surface area contributed by atoms with Crippen LogP contribution in [-0.4, -0.2) is 41.0 Å². The Bertz CT molecular complexity index is 1120. The Hall–Kier alpha value is -2.57. The zero-order valence-corrected chi connectivity index (χ0v) is 22.2. The molecule has 3 rings (SSSR count). The number of carbonyl (C=O) groups is 1. The van der Waals surface area contributed by atoms with E-state index in [2.05, 4.69) is 14.8 Å². The summed E-state index contributed by atoms with van der Waals surface area (Å²) in [7, 11) is 1.63. The molecule has 1 heterocycles. The van der Waals surface area contributed by atoms with Gasteiger partial charge in [0, 0.05) is 11.5 Å². The van der Waals surface area contributed by atoms with Gasteiger partial charge in [0.15, 0.2) is 0 Å². The molecule has 36 heavy (non-hydrogen) atoms. The van der Waals surface area contributed by atoms with Gasteiger partial charge in [0.25, 0.3) is 0 Å². The van der Waals surface area contributed by atoms with Crippen LogP contribution in [0.3, 0.4) is 0 Å². The molecule has 12 heteroatoms. The molecular weight excluding hydrogens is 595 g/mol. The Kier molecular flexibility index (Phi) is 8.73. The van der Waals surface area contributed by atoms with Crippen molar-refractivity contribution in [3.8, 4) is 5.75 Å². The first-order chi connectivity index (χ1) is 16.9. The standard InChI is InChI=1S/C24H27F4IN4O3/c1-22(2)19-7-4-5-8-20(19)29(36-22)23(25,26)24(27,28)35-18-12-10-17(11-13-18)14-16-33(3)21(34)9-6-15-31-32-30/h4-5,7-8,10-13H,6,9,14-16H2,1-3H3. The normalized spacial score (nSPS) is 15.7. The molecule has 7 nitrogen and oxygen atoms in total. The van der Waals surface area contributed by atoms with Crippen molar-refractivity contribution < 1.29 is 30.2 Å². The van der Waals surface area contributed by atoms with Gasteiger partial charge in [-0.25, -0.2) is 0 Å². The van der Waals surface area contributed by atoms with E-state index in [1.807, 2.05) is 0 Å². The van der Waals surface area contributed by atoms with Gasteiger partial charge >= 0.3 is 186 Å². The van der Waals surface area contributed by atoms with E-state index in [1.165, 1.54) is 41.3 Å². The maximum absolute atomic E-state index is 15.1. The number of carbonyl (C=O) groups excluding carboxylic acids is 1. The fraction of sp³-hybridized carbons (Fsp3) is 0.458. The molecule has 1 aliphatic heterocycles. The maximum atomic E-state index is 15.1. The zero-order valence-electron chi connectivity index (χ0n) is 20.1. The second-order valence-electron chi connectivity index (χ2n) is 8.70. The number of nitrogens with zero attached hydrogens (tertiary/aromatic N) is 4. The summed E-state index contributed by atoms with van der Waals surface area (Å²) < 4.78 is 65.6. The van der Waals surface area contributed by atoms with E-state index in [1.54, 1.807) is 33.0 Å². The number of hydrogen-bond acceptors (Lipinski definition) is 4. The van der Waals surface area contributed by atoms with Gasteiger partial charge in [-0.2, -0.15) is 0 Å². The van der Waals surface area contributed by atoms with Gasteiger partial charge < -0.3 is 0 Å². The van der Waals surface area contributed by atoms with Crippen molar-refractivity contribution in [1.82, 2.24) is 4.90 Å². The summed E-state index contributed by atoms with van der Waals surface area (Å²) in [6, 6.07) is 11.6. The molecule has 0 spiro atoms. The van der Waals surface area contributed by atoms with Crippen LogP contribution in [0.4, 0.5) is 17.6 Å². The Morgan fingerprint density at radius 1 is 1.17 bits per heavy atom. The van der Waals surface area contributed by atoms with Crippen molar-refractivity contribution >= 4 is 26.1 Å². The number of likely N-dealkylation sites (N-methyl/N-ethyl adjacent to an activating group) is 1. The molecule has 0 radical (unpaired) electrons. The first-order valence-electron chi connectivity index (χ1n) is 11.2. The van der Waals surface area contributed by atoms with Crippen molar-refractivity contribution in [2.75, 3.05) is 20.1 Å². The van der Waals surface area contributed by atoms with Crippen molar-refractivity contribution in [3.63, 3.8) is 0 Å². The SMILES string of the molecule is CN(CCc1ccc(OC(F)(F)C(F)(F)I2OC(C)(C)c3ccccc32)cc1)C(=O)CCCN=[N+]=[N-]. The first-order valence-corrected chi connectivity index (χ1v) is 14.2. The van der Waals surface area contributed by atoms with Crippen LogP contribution in [-0.2, 0) is 19.9 Å². The molecule has 196 valence electrons. The van der Waals surface area contributed by atoms with Crippen LogP contribution in [0.2, 0.25) is 0 Å². The van der Waals surface area contributed by atoms with Gasteiger partial charge in [0.1, 0.15) is 0 Å². The van der Waals surface area contributed by atoms with Crippen molar-refractivity contribution in [2.24, 2.45) is 5.11 Å². The third-order valence-electron chi connectivity index (χ3n) is 5.57. The number of fused-ring (bicyclic) bond motifs is 1. The molecule has 2 aromatic carbocycles. The molecule has 1 amide bonds. The van der Waals surface area contributed by atoms with Crippen molar-refractivity contribution in [3.05, 3.63) is 73.7 Å². The summed E-state index contributed by atoms with van der Waals surface area (Å²) in [5.74, 6) is -0.512. The molecule has 0 atom stereocenters. The van der Waals surface area contributed by atoms with Crippen molar-refractivity contribution in [1.29, 1.82) is 0 Å². The number of azide groups is 1. The number of hydrogen-bond donors (Lipinski definition) is 0. The molecule has 0 bridgehead atoms. The summed E-state index contributed by atoms with van der Waals surface area (Å²) >= 11 is -4.13. The second kappa shape index (κ2) is 11.2. The molecular formula is C24H27F4IN4O3. The molecule has 0 fully saturated rings. The van der Waals surface area contributed by atoms with Crippen molar-refractivity contribution in [2.45, 2.75) is 48.7 Å². The summed E-state index contributed by atoms with van der Waals surface area (Å²) in [5.41, 5.74) is 8.38. The van der Waals surface area contributed by atoms with E-state index in [4.69, 9.17) is 8.60 Å². The van der Waals surface area contributed by atoms with Gasteiger partial charge in [0.2, 0.25) is 0 Å². The molecule has 0 aromatic heterocycles. The second-order valence-corrected chi connectivity index (χ2v) is 13.1. The Balaban J connectivity index is 1.61. The summed E-state index contributed by atoms with van der Waals surface area (Å²) in [5, 5.41) is 3.38. The van der Waals surface area contributed by atoms with Crippen LogP contribution in [0.25, 0.3) is 10.4 Å². The molecule has 0 N–H and O–H groups in total. The van der Waals surface area contributed by atoms with Gasteiger partial charge in [-0.3, -0.25) is 0 Å². The molecule has 0 unspecified atom stereocenters. The van der Waals surface area contributed by atoms with Gasteiger partial charge in [-0.1, -0.05) is 5.11 Å². The predicted octanol–water partition coefficient (Wildman–Crippen LogP) is 6.90. The van der Waals surface area contributed by atoms with Gasteiger partial charge in [0.05, 0.1) is 0 Å². The molecule has 1 aliphatic rings. The molecule has 0 saturated heterocycles. The van der Waals surface area contributed by atoms with E-state index in [0.717, 1.165) is 5.56 Å². The average molecular weight is 622 g/mol. The minimum absolute atomic E-state index is 0.117. The average Bonchev–Trinajstić information content (AvgIpc) is 3.12. The molecule has 2 aromatic rings. The first kappa shape index (κ1) is 28.0. The molecule has 0 saturated carbocycles. The van der Waals surface area contributed by atoms with Crippen LogP contribution < -0.4 is 4.74 Å². The number of benzene rings is 2. The quantitative estimate of drug-likeness (QED) is 0.0520. The van der Waals surface area contributed by atoms with Crippen LogP contribution in [0.1, 0.15) is 37.8 Å². The van der Waals surface area contributed by atoms with E-state index >= 15 is 8.78 Å². The Morgan fingerprint density at radius 3 is 2.50 bits per heavy atom. The van der Waals surface area contributed by atoms with E-state index in [9.17, 15) is 13.6 Å². The summed E-state index contributed by atoms with van der Waals surface area (Å²) in [6.45, 7) is 3.79. The minimum atomic E-state index is -4.77. The fourth-order valence-electron chi connectivity index (χ4n) is 3.54. The Morgan fingerprint density at radius 2 is 1.83 bits per heavy atom. The monoisotopic (exact) mass is 622 g/mol. The third-order valence-corrected chi connectivity index (χ3v) is 11.0. The number of amides is 1. The smallest absolute Gasteiger partial charge is 0.0940 e. The van der Waals surface area contributed by atoms with E-state index in [-0.39, 0.29) is 22.4 Å². The van der Waals surface area contributed by atoms with E-state index in [0.29, 0.717) is 24.9 Å². The van der Waals surface area contributed by atoms with E-state index < -0.39 is 41.6 Å². The van der Waals surface area contributed by atoms with Crippen LogP contribution >= 0.6 is 20.2 Å². The van der Waals surface area contributed by atoms with Crippen LogP contribution in [0.5, 0.6) is 5.75 Å². The number of alkyl halides is 5. The zero-order chi connectivity index (χ0) is 26.6. The molecule has 0 aliphatic carbocycles. The van der Waals surface area contributed by atoms with Crippen LogP contribution in [0, 0.1) is 3.57 Å². The number of ether oxygens (including phenoxy) is 1. The topological polar surface area (TPSA) is 87.5 Å². The Labute approximate surface area is 214 Å². The summed E-state index contributed by atoms with van der Waals surface area (Å²) in [4.78, 5) is 16.2. The van der Waals surface area contributed by atoms with Gasteiger partial charge in [-0.15, -0.1) is 0 Å². The fourth-order valence-corrected chi connectivity index (χ4v) is 8.69. The number of halogens is 5. The number of rotatable bonds is 11. The third kappa shape index (κ3) is 6.22. The summed E-state index contributed by atoms with van der Waals surface area (Å²) in [6.07, 6.45) is -3.66. The van der Waals surface area contributed by atoms with Gasteiger partial charge in [-0.05, 0) is 12.0 Å². The van der Waals surface area contributed by atoms with Crippen LogP contribution in [0.15, 0.2) is 53.6 Å². The predicted molar refractivity (Wildman–Crippen MR) is 135 cm³/mol.